The highest BCUT2D eigenvalue weighted by atomic mass is 16.5. The van der Waals surface area contributed by atoms with Crippen molar-refractivity contribution in [1.82, 2.24) is 15.0 Å². The van der Waals surface area contributed by atoms with Gasteiger partial charge >= 0.3 is 0 Å². The summed E-state index contributed by atoms with van der Waals surface area (Å²) in [5, 5.41) is 4.10. The molecule has 0 aromatic carbocycles. The summed E-state index contributed by atoms with van der Waals surface area (Å²) in [6.45, 7) is 7.08. The van der Waals surface area contributed by atoms with Crippen molar-refractivity contribution in [3.05, 3.63) is 11.7 Å². The lowest BCUT2D eigenvalue weighted by atomic mass is 9.86. The summed E-state index contributed by atoms with van der Waals surface area (Å²) in [4.78, 5) is 6.84. The monoisotopic (exact) mass is 292 g/mol. The first kappa shape index (κ1) is 15.0. The van der Waals surface area contributed by atoms with Crippen molar-refractivity contribution < 1.29 is 4.52 Å². The van der Waals surface area contributed by atoms with Crippen molar-refractivity contribution in [3.63, 3.8) is 0 Å². The van der Waals surface area contributed by atoms with Crippen molar-refractivity contribution in [3.8, 4) is 0 Å². The molecule has 2 aliphatic carbocycles. The number of hydrogen-bond acceptors (Lipinski definition) is 5. The van der Waals surface area contributed by atoms with Gasteiger partial charge in [0.1, 0.15) is 0 Å². The molecule has 5 heteroatoms. The highest BCUT2D eigenvalue weighted by Gasteiger charge is 2.40. The molecule has 0 amide bonds. The average Bonchev–Trinajstić information content (AvgIpc) is 3.20. The van der Waals surface area contributed by atoms with Gasteiger partial charge in [-0.1, -0.05) is 25.4 Å². The molecule has 2 bridgehead atoms. The fraction of sp³-hybridized carbons (Fsp3) is 0.875. The molecule has 3 rings (SSSR count). The lowest BCUT2D eigenvalue weighted by molar-refractivity contribution is 0.274. The van der Waals surface area contributed by atoms with E-state index in [0.717, 1.165) is 49.7 Å². The van der Waals surface area contributed by atoms with Gasteiger partial charge in [-0.25, -0.2) is 0 Å². The molecular weight excluding hydrogens is 264 g/mol. The zero-order chi connectivity index (χ0) is 14.8. The quantitative estimate of drug-likeness (QED) is 0.835. The SMILES string of the molecule is CCN(CC)CC(N)c1noc(CC2CC3CCC2C3)n1. The minimum absolute atomic E-state index is 0.151. The fourth-order valence-corrected chi connectivity index (χ4v) is 4.19. The third kappa shape index (κ3) is 3.29. The first-order valence-corrected chi connectivity index (χ1v) is 8.50. The van der Waals surface area contributed by atoms with Crippen LogP contribution < -0.4 is 5.73 Å². The Balaban J connectivity index is 1.56. The van der Waals surface area contributed by atoms with Gasteiger partial charge in [0.25, 0.3) is 0 Å². The summed E-state index contributed by atoms with van der Waals surface area (Å²) in [5.41, 5.74) is 6.20. The van der Waals surface area contributed by atoms with Crippen LogP contribution in [-0.4, -0.2) is 34.7 Å². The molecule has 1 aromatic heterocycles. The molecule has 1 heterocycles. The molecule has 2 aliphatic rings. The van der Waals surface area contributed by atoms with Gasteiger partial charge in [-0.05, 0) is 50.1 Å². The maximum absolute atomic E-state index is 6.20. The number of rotatable bonds is 7. The second kappa shape index (κ2) is 6.44. The molecule has 2 N–H and O–H groups in total. The molecule has 2 fully saturated rings. The van der Waals surface area contributed by atoms with Crippen LogP contribution in [0.2, 0.25) is 0 Å². The van der Waals surface area contributed by atoms with Gasteiger partial charge < -0.3 is 15.2 Å². The number of aromatic nitrogens is 2. The molecule has 118 valence electrons. The first-order chi connectivity index (χ1) is 10.2. The molecule has 0 spiro atoms. The number of likely N-dealkylation sites (N-methyl/N-ethyl adjacent to an activating group) is 1. The average molecular weight is 292 g/mol. The summed E-state index contributed by atoms with van der Waals surface area (Å²) >= 11 is 0. The summed E-state index contributed by atoms with van der Waals surface area (Å²) in [5.74, 6) is 4.08. The van der Waals surface area contributed by atoms with Gasteiger partial charge in [-0.15, -0.1) is 0 Å². The van der Waals surface area contributed by atoms with Gasteiger partial charge in [-0.3, -0.25) is 0 Å². The van der Waals surface area contributed by atoms with Crippen LogP contribution in [-0.2, 0) is 6.42 Å². The maximum Gasteiger partial charge on any atom is 0.226 e. The Bertz CT molecular complexity index is 457. The van der Waals surface area contributed by atoms with E-state index in [0.29, 0.717) is 5.82 Å². The normalized spacial score (nSPS) is 29.4. The summed E-state index contributed by atoms with van der Waals surface area (Å²) in [7, 11) is 0. The maximum atomic E-state index is 6.20. The number of nitrogens with two attached hydrogens (primary N) is 1. The molecule has 0 saturated heterocycles. The third-order valence-electron chi connectivity index (χ3n) is 5.49. The smallest absolute Gasteiger partial charge is 0.226 e. The topological polar surface area (TPSA) is 68.2 Å². The van der Waals surface area contributed by atoms with Gasteiger partial charge in [0.2, 0.25) is 5.89 Å². The van der Waals surface area contributed by atoms with Crippen molar-refractivity contribution in [1.29, 1.82) is 0 Å². The molecule has 21 heavy (non-hydrogen) atoms. The van der Waals surface area contributed by atoms with Gasteiger partial charge in [0.15, 0.2) is 5.82 Å². The van der Waals surface area contributed by atoms with Crippen LogP contribution in [0.4, 0.5) is 0 Å². The van der Waals surface area contributed by atoms with E-state index in [4.69, 9.17) is 10.3 Å². The van der Waals surface area contributed by atoms with Gasteiger partial charge in [0.05, 0.1) is 6.04 Å². The minimum Gasteiger partial charge on any atom is -0.339 e. The van der Waals surface area contributed by atoms with Crippen LogP contribution >= 0.6 is 0 Å². The van der Waals surface area contributed by atoms with Crippen molar-refractivity contribution >= 4 is 0 Å². The van der Waals surface area contributed by atoms with Crippen molar-refractivity contribution in [2.45, 2.75) is 52.0 Å². The lowest BCUT2D eigenvalue weighted by Crippen LogP contribution is -2.32. The van der Waals surface area contributed by atoms with E-state index < -0.39 is 0 Å². The van der Waals surface area contributed by atoms with E-state index in [2.05, 4.69) is 28.9 Å². The van der Waals surface area contributed by atoms with Crippen LogP contribution in [0, 0.1) is 17.8 Å². The molecule has 1 aromatic rings. The Hall–Kier alpha value is -0.940. The van der Waals surface area contributed by atoms with E-state index in [9.17, 15) is 0 Å². The molecule has 2 saturated carbocycles. The van der Waals surface area contributed by atoms with Gasteiger partial charge in [0, 0.05) is 13.0 Å². The van der Waals surface area contributed by atoms with Crippen molar-refractivity contribution in [2.75, 3.05) is 19.6 Å². The van der Waals surface area contributed by atoms with Crippen LogP contribution in [0.1, 0.15) is 57.3 Å². The predicted octanol–water partition coefficient (Wildman–Crippen LogP) is 2.39. The fourth-order valence-electron chi connectivity index (χ4n) is 4.19. The Morgan fingerprint density at radius 2 is 2.10 bits per heavy atom. The standard InChI is InChI=1S/C16H28N4O/c1-3-20(4-2)10-14(17)16-18-15(21-19-16)9-13-8-11-5-6-12(13)7-11/h11-14H,3-10,17H2,1-2H3. The van der Waals surface area contributed by atoms with Crippen LogP contribution in [0.5, 0.6) is 0 Å². The molecular formula is C16H28N4O. The number of nitrogens with zero attached hydrogens (tertiary/aromatic N) is 3. The lowest BCUT2D eigenvalue weighted by Gasteiger charge is -2.20. The molecule has 4 atom stereocenters. The number of fused-ring (bicyclic) bond motifs is 2. The first-order valence-electron chi connectivity index (χ1n) is 8.50. The predicted molar refractivity (Wildman–Crippen MR) is 81.7 cm³/mol. The summed E-state index contributed by atoms with van der Waals surface area (Å²) in [6.07, 6.45) is 6.57. The largest absolute Gasteiger partial charge is 0.339 e. The van der Waals surface area contributed by atoms with Crippen LogP contribution in [0.3, 0.4) is 0 Å². The van der Waals surface area contributed by atoms with E-state index >= 15 is 0 Å². The second-order valence-corrected chi connectivity index (χ2v) is 6.78. The van der Waals surface area contributed by atoms with Crippen LogP contribution in [0.25, 0.3) is 0 Å². The van der Waals surface area contributed by atoms with E-state index in [1.165, 1.54) is 25.7 Å². The van der Waals surface area contributed by atoms with Crippen LogP contribution in [0.15, 0.2) is 4.52 Å². The van der Waals surface area contributed by atoms with E-state index in [1.54, 1.807) is 0 Å². The minimum atomic E-state index is -0.151. The molecule has 0 radical (unpaired) electrons. The Morgan fingerprint density at radius 1 is 1.29 bits per heavy atom. The Labute approximate surface area is 127 Å². The Kier molecular flexibility index (Phi) is 4.60. The van der Waals surface area contributed by atoms with Gasteiger partial charge in [-0.2, -0.15) is 4.98 Å². The second-order valence-electron chi connectivity index (χ2n) is 6.78. The highest BCUT2D eigenvalue weighted by molar-refractivity contribution is 4.98. The summed E-state index contributed by atoms with van der Waals surface area (Å²) in [6, 6.07) is -0.151. The molecule has 5 nitrogen and oxygen atoms in total. The third-order valence-corrected chi connectivity index (χ3v) is 5.49. The zero-order valence-electron chi connectivity index (χ0n) is 13.3. The van der Waals surface area contributed by atoms with Crippen molar-refractivity contribution in [2.24, 2.45) is 23.5 Å². The summed E-state index contributed by atoms with van der Waals surface area (Å²) < 4.78 is 5.44. The van der Waals surface area contributed by atoms with E-state index in [1.807, 2.05) is 0 Å². The Morgan fingerprint density at radius 3 is 2.71 bits per heavy atom. The molecule has 0 aliphatic heterocycles. The van der Waals surface area contributed by atoms with E-state index in [-0.39, 0.29) is 6.04 Å². The number of hydrogen-bond donors (Lipinski definition) is 1. The molecule has 4 unspecified atom stereocenters. The zero-order valence-corrected chi connectivity index (χ0v) is 13.3. The highest BCUT2D eigenvalue weighted by Crippen LogP contribution is 2.49.